The molecule has 0 atom stereocenters. The molecule has 0 saturated heterocycles. The molecule has 1 aromatic carbocycles. The van der Waals surface area contributed by atoms with Crippen molar-refractivity contribution < 1.29 is 9.21 Å². The second-order valence-corrected chi connectivity index (χ2v) is 6.77. The first-order chi connectivity index (χ1) is 12.0. The summed E-state index contributed by atoms with van der Waals surface area (Å²) in [5.74, 6) is -0.0708. The second-order valence-electron chi connectivity index (χ2n) is 6.77. The minimum absolute atomic E-state index is 0.0708. The van der Waals surface area contributed by atoms with Crippen LogP contribution in [0.4, 0.5) is 0 Å². The van der Waals surface area contributed by atoms with E-state index in [1.807, 2.05) is 35.7 Å². The van der Waals surface area contributed by atoms with Crippen LogP contribution in [0.25, 0.3) is 11.1 Å². The molecule has 5 nitrogen and oxygen atoms in total. The van der Waals surface area contributed by atoms with Crippen molar-refractivity contribution in [3.8, 4) is 0 Å². The molecule has 2 aromatic heterocycles. The molecule has 0 aliphatic carbocycles. The van der Waals surface area contributed by atoms with Crippen LogP contribution in [0.5, 0.6) is 0 Å². The molecular weight excluding hydrogens is 314 g/mol. The molecule has 1 N–H and O–H groups in total. The molecule has 5 heteroatoms. The Labute approximate surface area is 148 Å². The Balaban J connectivity index is 1.91. The molecule has 3 aromatic rings. The van der Waals surface area contributed by atoms with Crippen LogP contribution in [0.3, 0.4) is 0 Å². The largest absolute Gasteiger partial charge is 0.463 e. The Bertz CT molecular complexity index is 890. The molecule has 0 saturated carbocycles. The fraction of sp³-hybridized carbons (Fsp3) is 0.350. The molecule has 25 heavy (non-hydrogen) atoms. The van der Waals surface area contributed by atoms with Gasteiger partial charge in [-0.3, -0.25) is 4.79 Å². The highest BCUT2D eigenvalue weighted by Gasteiger charge is 2.18. The summed E-state index contributed by atoms with van der Waals surface area (Å²) in [6.45, 7) is 6.25. The van der Waals surface area contributed by atoms with Gasteiger partial charge in [-0.05, 0) is 39.1 Å². The molecule has 0 aliphatic heterocycles. The molecule has 1 amide bonds. The third-order valence-corrected chi connectivity index (χ3v) is 4.43. The molecule has 0 radical (unpaired) electrons. The standard InChI is InChI=1S/C20H25N3O2/c1-14-5-6-15(2)16(11-14)13-23-17-7-10-25-19(17)12-18(23)20(24)21-8-9-22(3)4/h5-7,10-12H,8-9,13H2,1-4H3,(H,21,24). The van der Waals surface area contributed by atoms with Gasteiger partial charge < -0.3 is 19.2 Å². The number of hydrogen-bond donors (Lipinski definition) is 1. The van der Waals surface area contributed by atoms with E-state index in [1.54, 1.807) is 6.26 Å². The molecule has 0 unspecified atom stereocenters. The van der Waals surface area contributed by atoms with Crippen LogP contribution >= 0.6 is 0 Å². The number of benzene rings is 1. The Morgan fingerprint density at radius 3 is 2.76 bits per heavy atom. The van der Waals surface area contributed by atoms with Gasteiger partial charge in [-0.15, -0.1) is 0 Å². The van der Waals surface area contributed by atoms with E-state index >= 15 is 0 Å². The SMILES string of the molecule is Cc1ccc(C)c(Cn2c(C(=O)NCCN(C)C)cc3occc32)c1. The smallest absolute Gasteiger partial charge is 0.268 e. The van der Waals surface area contributed by atoms with Crippen molar-refractivity contribution in [1.82, 2.24) is 14.8 Å². The molecule has 2 heterocycles. The summed E-state index contributed by atoms with van der Waals surface area (Å²) >= 11 is 0. The normalized spacial score (nSPS) is 11.4. The zero-order valence-corrected chi connectivity index (χ0v) is 15.3. The predicted molar refractivity (Wildman–Crippen MR) is 100 cm³/mol. The van der Waals surface area contributed by atoms with Crippen LogP contribution in [-0.2, 0) is 6.54 Å². The van der Waals surface area contributed by atoms with Crippen molar-refractivity contribution in [3.05, 3.63) is 59.0 Å². The van der Waals surface area contributed by atoms with E-state index in [-0.39, 0.29) is 5.91 Å². The van der Waals surface area contributed by atoms with Crippen molar-refractivity contribution in [2.75, 3.05) is 27.2 Å². The highest BCUT2D eigenvalue weighted by Crippen LogP contribution is 2.23. The number of nitrogens with one attached hydrogen (secondary N) is 1. The molecule has 0 spiro atoms. The van der Waals surface area contributed by atoms with Crippen LogP contribution in [-0.4, -0.2) is 42.6 Å². The van der Waals surface area contributed by atoms with Gasteiger partial charge in [0.05, 0.1) is 11.8 Å². The zero-order chi connectivity index (χ0) is 18.0. The highest BCUT2D eigenvalue weighted by atomic mass is 16.3. The summed E-state index contributed by atoms with van der Waals surface area (Å²) in [5.41, 5.74) is 5.96. The average Bonchev–Trinajstić information content (AvgIpc) is 3.13. The molecule has 132 valence electrons. The number of carbonyl (C=O) groups excluding carboxylic acids is 1. The number of aryl methyl sites for hydroxylation is 2. The van der Waals surface area contributed by atoms with Crippen molar-refractivity contribution in [1.29, 1.82) is 0 Å². The lowest BCUT2D eigenvalue weighted by Crippen LogP contribution is -2.32. The van der Waals surface area contributed by atoms with Gasteiger partial charge in [-0.25, -0.2) is 0 Å². The second kappa shape index (κ2) is 7.15. The Kier molecular flexibility index (Phi) is 4.95. The first kappa shape index (κ1) is 17.3. The lowest BCUT2D eigenvalue weighted by atomic mass is 10.1. The summed E-state index contributed by atoms with van der Waals surface area (Å²) in [7, 11) is 3.98. The quantitative estimate of drug-likeness (QED) is 0.750. The molecule has 0 fully saturated rings. The van der Waals surface area contributed by atoms with Crippen LogP contribution in [0.1, 0.15) is 27.2 Å². The molecule has 0 aliphatic rings. The number of likely N-dealkylation sites (N-methyl/N-ethyl adjacent to an activating group) is 1. The topological polar surface area (TPSA) is 50.4 Å². The number of fused-ring (bicyclic) bond motifs is 1. The number of amides is 1. The van der Waals surface area contributed by atoms with Gasteiger partial charge >= 0.3 is 0 Å². The van der Waals surface area contributed by atoms with Crippen LogP contribution < -0.4 is 5.32 Å². The minimum atomic E-state index is -0.0708. The predicted octanol–water partition coefficient (Wildman–Crippen LogP) is 3.19. The van der Waals surface area contributed by atoms with Gasteiger partial charge in [0.2, 0.25) is 0 Å². The van der Waals surface area contributed by atoms with Crippen LogP contribution in [0.15, 0.2) is 41.0 Å². The van der Waals surface area contributed by atoms with Gasteiger partial charge in [-0.2, -0.15) is 0 Å². The third-order valence-electron chi connectivity index (χ3n) is 4.43. The van der Waals surface area contributed by atoms with Gasteiger partial charge in [0.15, 0.2) is 5.58 Å². The maximum absolute atomic E-state index is 12.7. The van der Waals surface area contributed by atoms with E-state index in [2.05, 4.69) is 37.4 Å². The van der Waals surface area contributed by atoms with Gasteiger partial charge in [0.1, 0.15) is 5.69 Å². The lowest BCUT2D eigenvalue weighted by Gasteiger charge is -2.14. The Hall–Kier alpha value is -2.53. The van der Waals surface area contributed by atoms with Gasteiger partial charge in [0.25, 0.3) is 5.91 Å². The summed E-state index contributed by atoms with van der Waals surface area (Å²) in [6, 6.07) is 10.1. The van der Waals surface area contributed by atoms with Crippen molar-refractivity contribution >= 4 is 17.0 Å². The fourth-order valence-electron chi connectivity index (χ4n) is 2.96. The van der Waals surface area contributed by atoms with E-state index < -0.39 is 0 Å². The number of carbonyl (C=O) groups is 1. The number of furan rings is 1. The minimum Gasteiger partial charge on any atom is -0.463 e. The lowest BCUT2D eigenvalue weighted by molar-refractivity contribution is 0.0942. The summed E-state index contributed by atoms with van der Waals surface area (Å²) in [5, 5.41) is 2.99. The monoisotopic (exact) mass is 339 g/mol. The van der Waals surface area contributed by atoms with Crippen molar-refractivity contribution in [2.45, 2.75) is 20.4 Å². The van der Waals surface area contributed by atoms with Crippen LogP contribution in [0, 0.1) is 13.8 Å². The summed E-state index contributed by atoms with van der Waals surface area (Å²) in [4.78, 5) is 14.7. The zero-order valence-electron chi connectivity index (χ0n) is 15.3. The number of hydrogen-bond acceptors (Lipinski definition) is 3. The van der Waals surface area contributed by atoms with Crippen molar-refractivity contribution in [2.24, 2.45) is 0 Å². The number of aromatic nitrogens is 1. The third kappa shape index (κ3) is 3.77. The molecule has 0 bridgehead atoms. The van der Waals surface area contributed by atoms with E-state index in [9.17, 15) is 4.79 Å². The van der Waals surface area contributed by atoms with E-state index in [1.165, 1.54) is 16.7 Å². The Morgan fingerprint density at radius 2 is 2.00 bits per heavy atom. The first-order valence-corrected chi connectivity index (χ1v) is 8.51. The first-order valence-electron chi connectivity index (χ1n) is 8.51. The van der Waals surface area contributed by atoms with E-state index in [4.69, 9.17) is 4.42 Å². The van der Waals surface area contributed by atoms with Gasteiger partial charge in [-0.1, -0.05) is 23.8 Å². The highest BCUT2D eigenvalue weighted by molar-refractivity contribution is 5.97. The maximum Gasteiger partial charge on any atom is 0.268 e. The number of nitrogens with zero attached hydrogens (tertiary/aromatic N) is 2. The average molecular weight is 339 g/mol. The summed E-state index contributed by atoms with van der Waals surface area (Å²) in [6.07, 6.45) is 1.66. The fourth-order valence-corrected chi connectivity index (χ4v) is 2.96. The summed E-state index contributed by atoms with van der Waals surface area (Å²) < 4.78 is 7.55. The maximum atomic E-state index is 12.7. The van der Waals surface area contributed by atoms with Crippen molar-refractivity contribution in [3.63, 3.8) is 0 Å². The van der Waals surface area contributed by atoms with Gasteiger partial charge in [0, 0.05) is 31.8 Å². The molecule has 3 rings (SSSR count). The van der Waals surface area contributed by atoms with Crippen LogP contribution in [0.2, 0.25) is 0 Å². The Morgan fingerprint density at radius 1 is 1.20 bits per heavy atom. The van der Waals surface area contributed by atoms with E-state index in [0.717, 1.165) is 17.6 Å². The van der Waals surface area contributed by atoms with E-state index in [0.29, 0.717) is 18.8 Å². The molecular formula is C20H25N3O2. The number of rotatable bonds is 6.